The average Bonchev–Trinajstić information content (AvgIpc) is 2.74. The molecule has 0 bridgehead atoms. The molecule has 2 aromatic carbocycles. The van der Waals surface area contributed by atoms with E-state index in [2.05, 4.69) is 4.98 Å². The van der Waals surface area contributed by atoms with E-state index in [9.17, 15) is 9.18 Å². The Morgan fingerprint density at radius 3 is 2.68 bits per heavy atom. The first-order chi connectivity index (χ1) is 9.06. The molecule has 3 rings (SSSR count). The van der Waals surface area contributed by atoms with E-state index in [0.29, 0.717) is 0 Å². The Kier molecular flexibility index (Phi) is 2.52. The highest BCUT2D eigenvalue weighted by Crippen LogP contribution is 2.28. The van der Waals surface area contributed by atoms with E-state index in [4.69, 9.17) is 5.11 Å². The predicted octanol–water partition coefficient (Wildman–Crippen LogP) is 3.65. The second-order valence-electron chi connectivity index (χ2n) is 4.68. The number of H-pyrrole nitrogens is 1. The van der Waals surface area contributed by atoms with E-state index in [0.717, 1.165) is 27.4 Å². The van der Waals surface area contributed by atoms with Gasteiger partial charge in [0.1, 0.15) is 5.82 Å². The molecule has 96 valence electrons. The van der Waals surface area contributed by atoms with Crippen LogP contribution in [-0.4, -0.2) is 16.1 Å². The molecule has 0 spiro atoms. The molecule has 0 saturated carbocycles. The first-order valence-corrected chi connectivity index (χ1v) is 6.00. The molecule has 0 radical (unpaired) electrons. The van der Waals surface area contributed by atoms with Crippen molar-refractivity contribution >= 4 is 27.8 Å². The maximum Gasteiger partial charge on any atom is 0.310 e. The highest BCUT2D eigenvalue weighted by Gasteiger charge is 2.15. The Morgan fingerprint density at radius 1 is 1.16 bits per heavy atom. The minimum Gasteiger partial charge on any atom is -0.481 e. The number of carboxylic acids is 1. The zero-order chi connectivity index (χ0) is 13.6. The standard InChI is InChI=1S/C15H12FNO2/c1-8(15(18)19)9-2-4-11-12-7-10(16)3-5-13(12)17-14(11)6-9/h2-8,17H,1H3,(H,18,19)/t8-/m0/s1. The highest BCUT2D eigenvalue weighted by molar-refractivity contribution is 6.07. The monoisotopic (exact) mass is 257 g/mol. The number of nitrogens with one attached hydrogen (secondary N) is 1. The fraction of sp³-hybridized carbons (Fsp3) is 0.133. The summed E-state index contributed by atoms with van der Waals surface area (Å²) >= 11 is 0. The first kappa shape index (κ1) is 11.7. The fourth-order valence-corrected chi connectivity index (χ4v) is 2.31. The molecule has 1 aromatic heterocycles. The molecule has 0 unspecified atom stereocenters. The van der Waals surface area contributed by atoms with Crippen molar-refractivity contribution in [3.8, 4) is 0 Å². The van der Waals surface area contributed by atoms with Crippen LogP contribution in [0.5, 0.6) is 0 Å². The van der Waals surface area contributed by atoms with Crippen LogP contribution in [0.15, 0.2) is 36.4 Å². The van der Waals surface area contributed by atoms with E-state index < -0.39 is 11.9 Å². The smallest absolute Gasteiger partial charge is 0.310 e. The predicted molar refractivity (Wildman–Crippen MR) is 71.8 cm³/mol. The SMILES string of the molecule is C[C@H](C(=O)O)c1ccc2c(c1)[nH]c1ccc(F)cc12. The summed E-state index contributed by atoms with van der Waals surface area (Å²) in [7, 11) is 0. The van der Waals surface area contributed by atoms with Gasteiger partial charge in [0, 0.05) is 21.8 Å². The van der Waals surface area contributed by atoms with Gasteiger partial charge in [-0.25, -0.2) is 4.39 Å². The van der Waals surface area contributed by atoms with Crippen molar-refractivity contribution in [1.29, 1.82) is 0 Å². The van der Waals surface area contributed by atoms with E-state index in [1.54, 1.807) is 19.1 Å². The van der Waals surface area contributed by atoms with Crippen molar-refractivity contribution in [3.63, 3.8) is 0 Å². The molecule has 0 amide bonds. The molecule has 0 aliphatic carbocycles. The van der Waals surface area contributed by atoms with Gasteiger partial charge < -0.3 is 10.1 Å². The lowest BCUT2D eigenvalue weighted by Crippen LogP contribution is -2.06. The maximum absolute atomic E-state index is 13.3. The van der Waals surface area contributed by atoms with Crippen molar-refractivity contribution in [2.24, 2.45) is 0 Å². The van der Waals surface area contributed by atoms with Gasteiger partial charge in [-0.1, -0.05) is 12.1 Å². The second kappa shape index (κ2) is 4.09. The number of benzene rings is 2. The van der Waals surface area contributed by atoms with Crippen LogP contribution in [-0.2, 0) is 4.79 Å². The fourth-order valence-electron chi connectivity index (χ4n) is 2.31. The van der Waals surface area contributed by atoms with Gasteiger partial charge in [-0.15, -0.1) is 0 Å². The number of hydrogen-bond acceptors (Lipinski definition) is 1. The third kappa shape index (κ3) is 1.85. The van der Waals surface area contributed by atoms with Gasteiger partial charge in [-0.05, 0) is 36.8 Å². The molecular weight excluding hydrogens is 245 g/mol. The molecule has 1 heterocycles. The summed E-state index contributed by atoms with van der Waals surface area (Å²) in [5.41, 5.74) is 2.40. The van der Waals surface area contributed by atoms with Gasteiger partial charge in [0.15, 0.2) is 0 Å². The van der Waals surface area contributed by atoms with Gasteiger partial charge >= 0.3 is 5.97 Å². The van der Waals surface area contributed by atoms with Crippen LogP contribution in [0.4, 0.5) is 4.39 Å². The molecule has 0 aliphatic heterocycles. The zero-order valence-electron chi connectivity index (χ0n) is 10.3. The van der Waals surface area contributed by atoms with Crippen LogP contribution in [0.1, 0.15) is 18.4 Å². The quantitative estimate of drug-likeness (QED) is 0.736. The van der Waals surface area contributed by atoms with Crippen LogP contribution >= 0.6 is 0 Å². The number of halogens is 1. The Hall–Kier alpha value is -2.36. The number of aromatic amines is 1. The zero-order valence-corrected chi connectivity index (χ0v) is 10.3. The van der Waals surface area contributed by atoms with Gasteiger partial charge in [-0.3, -0.25) is 4.79 Å². The summed E-state index contributed by atoms with van der Waals surface area (Å²) in [5, 5.41) is 10.7. The van der Waals surface area contributed by atoms with Crippen molar-refractivity contribution < 1.29 is 14.3 Å². The summed E-state index contributed by atoms with van der Waals surface area (Å²) in [4.78, 5) is 14.2. The lowest BCUT2D eigenvalue weighted by atomic mass is 10.00. The van der Waals surface area contributed by atoms with Gasteiger partial charge in [-0.2, -0.15) is 0 Å². The summed E-state index contributed by atoms with van der Waals surface area (Å²) in [6.07, 6.45) is 0. The van der Waals surface area contributed by atoms with Crippen molar-refractivity contribution in [1.82, 2.24) is 4.98 Å². The first-order valence-electron chi connectivity index (χ1n) is 6.00. The molecule has 1 atom stereocenters. The maximum atomic E-state index is 13.3. The summed E-state index contributed by atoms with van der Waals surface area (Å²) in [5.74, 6) is -1.70. The van der Waals surface area contributed by atoms with Gasteiger partial charge in [0.25, 0.3) is 0 Å². The van der Waals surface area contributed by atoms with Crippen molar-refractivity contribution in [3.05, 3.63) is 47.8 Å². The van der Waals surface area contributed by atoms with E-state index in [1.165, 1.54) is 12.1 Å². The molecule has 3 aromatic rings. The second-order valence-corrected chi connectivity index (χ2v) is 4.68. The number of rotatable bonds is 2. The Balaban J connectivity index is 2.24. The van der Waals surface area contributed by atoms with E-state index >= 15 is 0 Å². The Labute approximate surface area is 108 Å². The minimum atomic E-state index is -0.860. The van der Waals surface area contributed by atoms with Crippen molar-refractivity contribution in [2.45, 2.75) is 12.8 Å². The van der Waals surface area contributed by atoms with Crippen LogP contribution in [0.3, 0.4) is 0 Å². The third-order valence-corrected chi connectivity index (χ3v) is 3.46. The molecule has 3 nitrogen and oxygen atoms in total. The number of aliphatic carboxylic acids is 1. The number of carboxylic acid groups (broad SMARTS) is 1. The number of carbonyl (C=O) groups is 1. The molecule has 0 fully saturated rings. The lowest BCUT2D eigenvalue weighted by Gasteiger charge is -2.06. The van der Waals surface area contributed by atoms with E-state index in [1.807, 2.05) is 12.1 Å². The third-order valence-electron chi connectivity index (χ3n) is 3.46. The Morgan fingerprint density at radius 2 is 1.95 bits per heavy atom. The number of hydrogen-bond donors (Lipinski definition) is 2. The Bertz CT molecular complexity index is 791. The van der Waals surface area contributed by atoms with Crippen LogP contribution < -0.4 is 0 Å². The molecule has 4 heteroatoms. The van der Waals surface area contributed by atoms with E-state index in [-0.39, 0.29) is 5.82 Å². The van der Waals surface area contributed by atoms with Crippen molar-refractivity contribution in [2.75, 3.05) is 0 Å². The summed E-state index contributed by atoms with van der Waals surface area (Å²) in [6, 6.07) is 9.99. The molecular formula is C15H12FNO2. The number of fused-ring (bicyclic) bond motifs is 3. The van der Waals surface area contributed by atoms with Gasteiger partial charge in [0.2, 0.25) is 0 Å². The molecule has 0 saturated heterocycles. The lowest BCUT2D eigenvalue weighted by molar-refractivity contribution is -0.138. The minimum absolute atomic E-state index is 0.281. The highest BCUT2D eigenvalue weighted by atomic mass is 19.1. The molecule has 19 heavy (non-hydrogen) atoms. The van der Waals surface area contributed by atoms with Gasteiger partial charge in [0.05, 0.1) is 5.92 Å². The van der Waals surface area contributed by atoms with Crippen LogP contribution in [0.25, 0.3) is 21.8 Å². The van der Waals surface area contributed by atoms with Crippen LogP contribution in [0.2, 0.25) is 0 Å². The summed E-state index contributed by atoms with van der Waals surface area (Å²) < 4.78 is 13.3. The average molecular weight is 257 g/mol. The molecule has 2 N–H and O–H groups in total. The normalized spacial score (nSPS) is 12.9. The topological polar surface area (TPSA) is 53.1 Å². The summed E-state index contributed by atoms with van der Waals surface area (Å²) in [6.45, 7) is 1.64. The van der Waals surface area contributed by atoms with Crippen LogP contribution in [0, 0.1) is 5.82 Å². The molecule has 0 aliphatic rings. The number of aromatic nitrogens is 1. The largest absolute Gasteiger partial charge is 0.481 e.